The van der Waals surface area contributed by atoms with Gasteiger partial charge in [-0.3, -0.25) is 0 Å². The van der Waals surface area contributed by atoms with E-state index in [4.69, 9.17) is 5.73 Å². The highest BCUT2D eigenvalue weighted by molar-refractivity contribution is 5.97. The molecule has 4 aromatic rings. The Hall–Kier alpha value is -3.54. The number of benzene rings is 1. The summed E-state index contributed by atoms with van der Waals surface area (Å²) in [6, 6.07) is 17.6. The molecule has 0 aliphatic carbocycles. The fraction of sp³-hybridized carbons (Fsp3) is 0. The summed E-state index contributed by atoms with van der Waals surface area (Å²) in [4.78, 5) is 12.1. The van der Waals surface area contributed by atoms with Gasteiger partial charge >= 0.3 is 0 Å². The summed E-state index contributed by atoms with van der Waals surface area (Å²) in [7, 11) is 0. The van der Waals surface area contributed by atoms with Crippen LogP contribution in [0.15, 0.2) is 72.0 Å². The van der Waals surface area contributed by atoms with Gasteiger partial charge in [-0.25, -0.2) is 9.98 Å². The van der Waals surface area contributed by atoms with Crippen molar-refractivity contribution in [1.82, 2.24) is 20.2 Å². The first-order chi connectivity index (χ1) is 11.8. The van der Waals surface area contributed by atoms with Crippen molar-refractivity contribution in [3.05, 3.63) is 72.7 Å². The fourth-order valence-corrected chi connectivity index (χ4v) is 2.47. The lowest BCUT2D eigenvalue weighted by molar-refractivity contribution is 1.01. The van der Waals surface area contributed by atoms with E-state index >= 15 is 0 Å². The highest BCUT2D eigenvalue weighted by atomic mass is 15.1. The van der Waals surface area contributed by atoms with Gasteiger partial charge in [0.2, 0.25) is 0 Å². The van der Waals surface area contributed by atoms with Crippen LogP contribution in [0.2, 0.25) is 0 Å². The predicted molar refractivity (Wildman–Crippen MR) is 93.9 cm³/mol. The number of nitrogens with two attached hydrogens (primary N) is 1. The van der Waals surface area contributed by atoms with E-state index in [-0.39, 0.29) is 0 Å². The van der Waals surface area contributed by atoms with Gasteiger partial charge in [0, 0.05) is 17.3 Å². The first-order valence-corrected chi connectivity index (χ1v) is 7.46. The molecule has 0 saturated heterocycles. The van der Waals surface area contributed by atoms with Gasteiger partial charge in [0.15, 0.2) is 5.84 Å². The minimum atomic E-state index is 0.308. The van der Waals surface area contributed by atoms with E-state index in [9.17, 15) is 0 Å². The van der Waals surface area contributed by atoms with Crippen molar-refractivity contribution in [3.8, 4) is 11.3 Å². The fourth-order valence-electron chi connectivity index (χ4n) is 2.47. The molecule has 1 aromatic carbocycles. The molecule has 0 atom stereocenters. The molecule has 0 spiro atoms. The largest absolute Gasteiger partial charge is 0.382 e. The topological polar surface area (TPSA) is 92.8 Å². The first-order valence-electron chi connectivity index (χ1n) is 7.46. The number of pyridine rings is 1. The number of fused-ring (bicyclic) bond motifs is 1. The third-order valence-corrected chi connectivity index (χ3v) is 3.62. The smallest absolute Gasteiger partial charge is 0.152 e. The quantitative estimate of drug-likeness (QED) is 0.449. The number of H-pyrrole nitrogens is 1. The highest BCUT2D eigenvalue weighted by Crippen LogP contribution is 2.25. The third-order valence-electron chi connectivity index (χ3n) is 3.62. The van der Waals surface area contributed by atoms with E-state index in [1.165, 1.54) is 0 Å². The van der Waals surface area contributed by atoms with Crippen molar-refractivity contribution < 1.29 is 0 Å². The number of hydrogen-bond donors (Lipinski definition) is 2. The van der Waals surface area contributed by atoms with Crippen molar-refractivity contribution in [3.63, 3.8) is 0 Å². The van der Waals surface area contributed by atoms with Crippen molar-refractivity contribution in [1.29, 1.82) is 0 Å². The Morgan fingerprint density at radius 1 is 1.04 bits per heavy atom. The Morgan fingerprint density at radius 2 is 1.92 bits per heavy atom. The number of aromatic amines is 1. The minimum Gasteiger partial charge on any atom is -0.382 e. The minimum absolute atomic E-state index is 0.308. The van der Waals surface area contributed by atoms with Gasteiger partial charge in [0.05, 0.1) is 11.9 Å². The van der Waals surface area contributed by atoms with Crippen LogP contribution in [0.4, 0.5) is 5.69 Å². The van der Waals surface area contributed by atoms with Gasteiger partial charge in [-0.2, -0.15) is 5.10 Å². The zero-order chi connectivity index (χ0) is 16.4. The van der Waals surface area contributed by atoms with E-state index < -0.39 is 0 Å². The zero-order valence-corrected chi connectivity index (χ0v) is 12.7. The molecular weight excluding hydrogens is 300 g/mol. The van der Waals surface area contributed by atoms with Gasteiger partial charge in [-0.1, -0.05) is 30.3 Å². The number of nitrogens with zero attached hydrogens (tertiary/aromatic N) is 4. The van der Waals surface area contributed by atoms with Crippen LogP contribution in [-0.4, -0.2) is 26.0 Å². The van der Waals surface area contributed by atoms with Gasteiger partial charge < -0.3 is 10.7 Å². The second kappa shape index (κ2) is 5.92. The van der Waals surface area contributed by atoms with E-state index in [0.717, 1.165) is 22.3 Å². The van der Waals surface area contributed by atoms with Crippen LogP contribution < -0.4 is 5.73 Å². The molecule has 6 heteroatoms. The van der Waals surface area contributed by atoms with E-state index in [1.54, 1.807) is 24.5 Å². The van der Waals surface area contributed by atoms with E-state index in [1.807, 2.05) is 24.3 Å². The Balaban J connectivity index is 1.71. The number of aliphatic imine (C=N–C) groups is 1. The molecule has 3 heterocycles. The molecule has 3 N–H and O–H groups in total. The van der Waals surface area contributed by atoms with Crippen molar-refractivity contribution in [2.75, 3.05) is 0 Å². The maximum atomic E-state index is 5.98. The predicted octanol–water partition coefficient (Wildman–Crippen LogP) is 3.06. The number of rotatable bonds is 3. The molecule has 6 nitrogen and oxygen atoms in total. The molecule has 4 rings (SSSR count). The number of hydrogen-bond acceptors (Lipinski definition) is 4. The average molecular weight is 314 g/mol. The lowest BCUT2D eigenvalue weighted by Crippen LogP contribution is -2.15. The van der Waals surface area contributed by atoms with Crippen LogP contribution >= 0.6 is 0 Å². The Kier molecular flexibility index (Phi) is 3.47. The summed E-state index contributed by atoms with van der Waals surface area (Å²) < 4.78 is 0. The molecule has 0 radical (unpaired) electrons. The van der Waals surface area contributed by atoms with E-state index in [0.29, 0.717) is 17.2 Å². The summed E-state index contributed by atoms with van der Waals surface area (Å²) in [6.07, 6.45) is 3.27. The number of nitrogens with one attached hydrogen (secondary N) is 1. The number of aromatic nitrogens is 4. The monoisotopic (exact) mass is 314 g/mol. The van der Waals surface area contributed by atoms with Crippen LogP contribution in [0.3, 0.4) is 0 Å². The third kappa shape index (κ3) is 2.72. The first kappa shape index (κ1) is 14.1. The van der Waals surface area contributed by atoms with Crippen molar-refractivity contribution in [2.24, 2.45) is 10.7 Å². The highest BCUT2D eigenvalue weighted by Gasteiger charge is 2.06. The molecule has 116 valence electrons. The average Bonchev–Trinajstić information content (AvgIpc) is 3.06. The summed E-state index contributed by atoms with van der Waals surface area (Å²) in [5.74, 6) is 0.308. The molecule has 3 aromatic heterocycles. The van der Waals surface area contributed by atoms with Gasteiger partial charge in [0.25, 0.3) is 0 Å². The normalized spacial score (nSPS) is 11.8. The van der Waals surface area contributed by atoms with Crippen LogP contribution in [0.25, 0.3) is 22.3 Å². The maximum absolute atomic E-state index is 5.98. The Bertz CT molecular complexity index is 1010. The van der Waals surface area contributed by atoms with Crippen LogP contribution in [-0.2, 0) is 0 Å². The molecule has 0 amide bonds. The lowest BCUT2D eigenvalue weighted by atomic mass is 10.1. The van der Waals surface area contributed by atoms with Crippen molar-refractivity contribution in [2.45, 2.75) is 0 Å². The molecule has 0 aliphatic heterocycles. The summed E-state index contributed by atoms with van der Waals surface area (Å²) in [6.45, 7) is 0. The van der Waals surface area contributed by atoms with Crippen molar-refractivity contribution >= 4 is 22.6 Å². The Morgan fingerprint density at radius 3 is 2.71 bits per heavy atom. The summed E-state index contributed by atoms with van der Waals surface area (Å²) in [5.41, 5.74) is 10.1. The zero-order valence-electron chi connectivity index (χ0n) is 12.7. The van der Waals surface area contributed by atoms with Gasteiger partial charge in [0.1, 0.15) is 11.3 Å². The summed E-state index contributed by atoms with van der Waals surface area (Å²) in [5, 5.41) is 8.73. The lowest BCUT2D eigenvalue weighted by Gasteiger charge is -1.99. The van der Waals surface area contributed by atoms with E-state index in [2.05, 4.69) is 43.4 Å². The molecular formula is C18H14N6. The molecule has 0 fully saturated rings. The summed E-state index contributed by atoms with van der Waals surface area (Å²) >= 11 is 0. The Labute approximate surface area is 138 Å². The second-order valence-corrected chi connectivity index (χ2v) is 5.29. The molecule has 0 unspecified atom stereocenters. The SMILES string of the molecule is NC(=Nc1cnc2[nH]c(-c3ccccc3)cc2c1)c1cccnn1. The second-order valence-electron chi connectivity index (χ2n) is 5.29. The standard InChI is InChI=1S/C18H14N6/c19-17(15-7-4-8-21-24-15)22-14-9-13-10-16(23-18(13)20-11-14)12-5-2-1-3-6-12/h1-11H,(H2,19,22)(H,20,23). The molecule has 0 aliphatic rings. The van der Waals surface area contributed by atoms with Crippen LogP contribution in [0.1, 0.15) is 5.69 Å². The number of amidine groups is 1. The molecule has 24 heavy (non-hydrogen) atoms. The van der Waals surface area contributed by atoms with Gasteiger partial charge in [-0.15, -0.1) is 5.10 Å². The maximum Gasteiger partial charge on any atom is 0.152 e. The molecule has 0 saturated carbocycles. The van der Waals surface area contributed by atoms with Crippen LogP contribution in [0, 0.1) is 0 Å². The van der Waals surface area contributed by atoms with Gasteiger partial charge in [-0.05, 0) is 29.8 Å². The molecule has 0 bridgehead atoms. The van der Waals surface area contributed by atoms with Crippen LogP contribution in [0.5, 0.6) is 0 Å².